The molecule has 17 heavy (non-hydrogen) atoms. The molecule has 0 N–H and O–H groups in total. The van der Waals surface area contributed by atoms with Crippen molar-refractivity contribution < 1.29 is 0 Å². The van der Waals surface area contributed by atoms with Crippen LogP contribution in [0.1, 0.15) is 104 Å². The number of rotatable bonds is 14. The van der Waals surface area contributed by atoms with Gasteiger partial charge >= 0.3 is 0 Å². The van der Waals surface area contributed by atoms with Gasteiger partial charge in [0.1, 0.15) is 0 Å². The Morgan fingerprint density at radius 3 is 1.41 bits per heavy atom. The molecule has 0 spiro atoms. The molecule has 0 fully saturated rings. The van der Waals surface area contributed by atoms with Crippen LogP contribution in [0, 0.1) is 6.42 Å². The molecular formula is C17H35. The standard InChI is InChI=1S/C17H35/c1-3-5-7-9-11-13-15-17-16-14-12-10-8-6-4-2/h7H,3-6,8-17H2,1-2H3. The minimum atomic E-state index is 1.32. The monoisotopic (exact) mass is 239 g/mol. The summed E-state index contributed by atoms with van der Waals surface area (Å²) in [6.45, 7) is 4.55. The Hall–Kier alpha value is 0. The molecule has 0 aromatic carbocycles. The molecule has 0 saturated heterocycles. The van der Waals surface area contributed by atoms with Crippen molar-refractivity contribution in [2.45, 2.75) is 104 Å². The van der Waals surface area contributed by atoms with Crippen molar-refractivity contribution in [1.82, 2.24) is 0 Å². The van der Waals surface area contributed by atoms with Gasteiger partial charge in [0.2, 0.25) is 0 Å². The van der Waals surface area contributed by atoms with Crippen molar-refractivity contribution in [2.75, 3.05) is 0 Å². The molecule has 0 aliphatic heterocycles. The smallest absolute Gasteiger partial charge is 0.0386 e. The van der Waals surface area contributed by atoms with Gasteiger partial charge in [0, 0.05) is 0 Å². The SMILES string of the molecule is CCC[CH]CCCCCCCCCCCCC. The molecule has 103 valence electrons. The third-order valence-electron chi connectivity index (χ3n) is 3.50. The Morgan fingerprint density at radius 1 is 0.471 bits per heavy atom. The first kappa shape index (κ1) is 17.0. The average molecular weight is 239 g/mol. The van der Waals surface area contributed by atoms with Crippen LogP contribution in [0.4, 0.5) is 0 Å². The van der Waals surface area contributed by atoms with E-state index in [1.165, 1.54) is 89.9 Å². The number of unbranched alkanes of at least 4 members (excludes halogenated alkanes) is 14. The van der Waals surface area contributed by atoms with E-state index in [0.717, 1.165) is 0 Å². The second kappa shape index (κ2) is 16.0. The topological polar surface area (TPSA) is 0 Å². The Labute approximate surface area is 111 Å². The van der Waals surface area contributed by atoms with Gasteiger partial charge in [-0.25, -0.2) is 0 Å². The zero-order valence-electron chi connectivity index (χ0n) is 12.5. The summed E-state index contributed by atoms with van der Waals surface area (Å²) in [5.41, 5.74) is 0. The van der Waals surface area contributed by atoms with Crippen LogP contribution in [0.3, 0.4) is 0 Å². The molecule has 0 heteroatoms. The number of hydrogen-bond acceptors (Lipinski definition) is 0. The predicted octanol–water partition coefficient (Wildman–Crippen LogP) is 6.69. The maximum absolute atomic E-state index is 2.47. The summed E-state index contributed by atoms with van der Waals surface area (Å²) < 4.78 is 0. The lowest BCUT2D eigenvalue weighted by Gasteiger charge is -2.02. The molecule has 0 saturated carbocycles. The second-order valence-electron chi connectivity index (χ2n) is 5.40. The lowest BCUT2D eigenvalue weighted by molar-refractivity contribution is 0.547. The molecule has 0 bridgehead atoms. The van der Waals surface area contributed by atoms with E-state index < -0.39 is 0 Å². The first-order valence-corrected chi connectivity index (χ1v) is 8.23. The fraction of sp³-hybridized carbons (Fsp3) is 0.941. The summed E-state index contributed by atoms with van der Waals surface area (Å²) in [5, 5.41) is 0. The Bertz CT molecular complexity index is 103. The Kier molecular flexibility index (Phi) is 16.0. The first-order chi connectivity index (χ1) is 8.41. The summed E-state index contributed by atoms with van der Waals surface area (Å²) in [4.78, 5) is 0. The van der Waals surface area contributed by atoms with Crippen LogP contribution in [-0.4, -0.2) is 0 Å². The van der Waals surface area contributed by atoms with Crippen LogP contribution in [0.5, 0.6) is 0 Å². The summed E-state index contributed by atoms with van der Waals surface area (Å²) in [6, 6.07) is 0. The van der Waals surface area contributed by atoms with E-state index in [4.69, 9.17) is 0 Å². The molecule has 0 rings (SSSR count). The molecule has 0 aromatic rings. The van der Waals surface area contributed by atoms with E-state index in [-0.39, 0.29) is 0 Å². The van der Waals surface area contributed by atoms with Crippen molar-refractivity contribution >= 4 is 0 Å². The van der Waals surface area contributed by atoms with Gasteiger partial charge in [-0.2, -0.15) is 0 Å². The summed E-state index contributed by atoms with van der Waals surface area (Å²) >= 11 is 0. The van der Waals surface area contributed by atoms with Crippen molar-refractivity contribution in [2.24, 2.45) is 0 Å². The third-order valence-corrected chi connectivity index (χ3v) is 3.50. The molecule has 0 heterocycles. The van der Waals surface area contributed by atoms with Gasteiger partial charge in [0.05, 0.1) is 0 Å². The largest absolute Gasteiger partial charge is 0.0654 e. The van der Waals surface area contributed by atoms with Crippen LogP contribution >= 0.6 is 0 Å². The molecule has 0 aliphatic carbocycles. The van der Waals surface area contributed by atoms with Gasteiger partial charge < -0.3 is 0 Å². The first-order valence-electron chi connectivity index (χ1n) is 8.23. The highest BCUT2D eigenvalue weighted by molar-refractivity contribution is 4.62. The molecule has 0 amide bonds. The Balaban J connectivity index is 2.85. The highest BCUT2D eigenvalue weighted by atomic mass is 14.0. The zero-order chi connectivity index (χ0) is 12.6. The van der Waals surface area contributed by atoms with Crippen molar-refractivity contribution in [3.05, 3.63) is 6.42 Å². The predicted molar refractivity (Wildman–Crippen MR) is 80.3 cm³/mol. The van der Waals surface area contributed by atoms with Gasteiger partial charge in [0.25, 0.3) is 0 Å². The molecule has 0 atom stereocenters. The summed E-state index contributed by atoms with van der Waals surface area (Å²) in [6.07, 6.45) is 22.4. The molecule has 0 aliphatic rings. The quantitative estimate of drug-likeness (QED) is 0.296. The maximum atomic E-state index is 2.47. The van der Waals surface area contributed by atoms with Crippen LogP contribution in [0.15, 0.2) is 0 Å². The average Bonchev–Trinajstić information content (AvgIpc) is 2.35. The van der Waals surface area contributed by atoms with Crippen molar-refractivity contribution in [3.63, 3.8) is 0 Å². The third kappa shape index (κ3) is 16.0. The van der Waals surface area contributed by atoms with Crippen LogP contribution in [-0.2, 0) is 0 Å². The fourth-order valence-electron chi connectivity index (χ4n) is 2.30. The zero-order valence-corrected chi connectivity index (χ0v) is 12.5. The molecule has 1 radical (unpaired) electrons. The van der Waals surface area contributed by atoms with E-state index >= 15 is 0 Å². The molecular weight excluding hydrogens is 204 g/mol. The molecule has 0 nitrogen and oxygen atoms in total. The van der Waals surface area contributed by atoms with E-state index in [1.54, 1.807) is 0 Å². The van der Waals surface area contributed by atoms with Crippen molar-refractivity contribution in [1.29, 1.82) is 0 Å². The Morgan fingerprint density at radius 2 is 0.941 bits per heavy atom. The number of hydrogen-bond donors (Lipinski definition) is 0. The van der Waals surface area contributed by atoms with E-state index in [0.29, 0.717) is 0 Å². The molecule has 0 aromatic heterocycles. The highest BCUT2D eigenvalue weighted by Crippen LogP contribution is 2.12. The van der Waals surface area contributed by atoms with E-state index in [9.17, 15) is 0 Å². The van der Waals surface area contributed by atoms with Crippen LogP contribution < -0.4 is 0 Å². The van der Waals surface area contributed by atoms with Gasteiger partial charge in [0.15, 0.2) is 0 Å². The van der Waals surface area contributed by atoms with Gasteiger partial charge in [-0.05, 0) is 6.42 Å². The van der Waals surface area contributed by atoms with E-state index in [2.05, 4.69) is 20.3 Å². The van der Waals surface area contributed by atoms with E-state index in [1.807, 2.05) is 0 Å². The lowest BCUT2D eigenvalue weighted by atomic mass is 10.0. The van der Waals surface area contributed by atoms with Gasteiger partial charge in [-0.15, -0.1) is 0 Å². The van der Waals surface area contributed by atoms with Crippen molar-refractivity contribution in [3.8, 4) is 0 Å². The lowest BCUT2D eigenvalue weighted by Crippen LogP contribution is -1.83. The van der Waals surface area contributed by atoms with Gasteiger partial charge in [-0.3, -0.25) is 0 Å². The maximum Gasteiger partial charge on any atom is -0.0386 e. The second-order valence-corrected chi connectivity index (χ2v) is 5.40. The summed E-state index contributed by atoms with van der Waals surface area (Å²) in [5.74, 6) is 0. The minimum Gasteiger partial charge on any atom is -0.0654 e. The van der Waals surface area contributed by atoms with Crippen LogP contribution in [0.2, 0.25) is 0 Å². The minimum absolute atomic E-state index is 1.32. The van der Waals surface area contributed by atoms with Gasteiger partial charge in [-0.1, -0.05) is 104 Å². The fourth-order valence-corrected chi connectivity index (χ4v) is 2.30. The molecule has 0 unspecified atom stereocenters. The normalized spacial score (nSPS) is 10.9. The summed E-state index contributed by atoms with van der Waals surface area (Å²) in [7, 11) is 0. The van der Waals surface area contributed by atoms with Crippen LogP contribution in [0.25, 0.3) is 0 Å². The highest BCUT2D eigenvalue weighted by Gasteiger charge is 1.93.